The lowest BCUT2D eigenvalue weighted by molar-refractivity contribution is -0.137. The first-order valence-corrected chi connectivity index (χ1v) is 6.45. The molecular weight excluding hydrogens is 276 g/mol. The summed E-state index contributed by atoms with van der Waals surface area (Å²) in [6.07, 6.45) is 3.56. The molecule has 1 N–H and O–H groups in total. The van der Waals surface area contributed by atoms with Crippen molar-refractivity contribution in [1.82, 2.24) is 19.8 Å². The molecular formula is C13H16N4O4. The summed E-state index contributed by atoms with van der Waals surface area (Å²) in [4.78, 5) is 24.0. The van der Waals surface area contributed by atoms with E-state index < -0.39 is 11.9 Å². The Bertz CT molecular complexity index is 646. The minimum atomic E-state index is -1.07. The monoisotopic (exact) mass is 292 g/mol. The molecule has 0 aliphatic carbocycles. The summed E-state index contributed by atoms with van der Waals surface area (Å²) < 4.78 is 6.76. The predicted octanol–water partition coefficient (Wildman–Crippen LogP) is 0.775. The van der Waals surface area contributed by atoms with E-state index in [1.54, 1.807) is 17.8 Å². The van der Waals surface area contributed by atoms with E-state index in [-0.39, 0.29) is 18.8 Å². The second kappa shape index (κ2) is 6.21. The van der Waals surface area contributed by atoms with E-state index in [2.05, 4.69) is 10.3 Å². The Morgan fingerprint density at radius 1 is 1.48 bits per heavy atom. The molecule has 0 unspecified atom stereocenters. The Morgan fingerprint density at radius 3 is 2.81 bits per heavy atom. The predicted molar refractivity (Wildman–Crippen MR) is 71.8 cm³/mol. The molecule has 21 heavy (non-hydrogen) atoms. The summed E-state index contributed by atoms with van der Waals surface area (Å²) in [5.41, 5.74) is 1.11. The second-order valence-electron chi connectivity index (χ2n) is 4.61. The third-order valence-corrected chi connectivity index (χ3v) is 2.85. The molecule has 0 bridgehead atoms. The standard InChI is InChI=1S/C13H16N4O4/c1-3-16(8-12(18)19)13(20)11-4-10(21-15-11)7-17-6-9(2)5-14-17/h4-6H,3,7-8H2,1-2H3,(H,18,19). The van der Waals surface area contributed by atoms with E-state index in [1.165, 1.54) is 11.0 Å². The van der Waals surface area contributed by atoms with Crippen molar-refractivity contribution < 1.29 is 19.2 Å². The van der Waals surface area contributed by atoms with Gasteiger partial charge in [-0.05, 0) is 19.4 Å². The maximum Gasteiger partial charge on any atom is 0.323 e. The van der Waals surface area contributed by atoms with Crippen LogP contribution in [0.1, 0.15) is 28.7 Å². The van der Waals surface area contributed by atoms with E-state index in [0.717, 1.165) is 5.56 Å². The molecule has 0 spiro atoms. The fourth-order valence-corrected chi connectivity index (χ4v) is 1.85. The number of rotatable bonds is 6. The van der Waals surface area contributed by atoms with E-state index in [9.17, 15) is 9.59 Å². The molecule has 1 amide bonds. The summed E-state index contributed by atoms with van der Waals surface area (Å²) in [5.74, 6) is -1.06. The summed E-state index contributed by atoms with van der Waals surface area (Å²) in [6.45, 7) is 3.90. The van der Waals surface area contributed by atoms with Gasteiger partial charge in [-0.2, -0.15) is 5.10 Å². The minimum Gasteiger partial charge on any atom is -0.480 e. The molecule has 2 aromatic heterocycles. The number of carboxylic acid groups (broad SMARTS) is 1. The number of likely N-dealkylation sites (N-methyl/N-ethyl adjacent to an activating group) is 1. The van der Waals surface area contributed by atoms with Gasteiger partial charge in [-0.15, -0.1) is 0 Å². The molecule has 0 fully saturated rings. The zero-order valence-corrected chi connectivity index (χ0v) is 11.8. The van der Waals surface area contributed by atoms with Crippen molar-refractivity contribution in [2.24, 2.45) is 0 Å². The van der Waals surface area contributed by atoms with Gasteiger partial charge in [0, 0.05) is 18.8 Å². The summed E-state index contributed by atoms with van der Waals surface area (Å²) >= 11 is 0. The molecule has 2 aromatic rings. The van der Waals surface area contributed by atoms with Gasteiger partial charge in [-0.3, -0.25) is 14.3 Å². The molecule has 0 saturated carbocycles. The van der Waals surface area contributed by atoms with Crippen molar-refractivity contribution in [3.05, 3.63) is 35.5 Å². The number of nitrogens with zero attached hydrogens (tertiary/aromatic N) is 4. The number of carbonyl (C=O) groups excluding carboxylic acids is 1. The molecule has 8 nitrogen and oxygen atoms in total. The quantitative estimate of drug-likeness (QED) is 0.844. The lowest BCUT2D eigenvalue weighted by atomic mass is 10.3. The lowest BCUT2D eigenvalue weighted by Gasteiger charge is -2.16. The molecule has 0 aliphatic heterocycles. The summed E-state index contributed by atoms with van der Waals surface area (Å²) in [5, 5.41) is 16.6. The number of carboxylic acids is 1. The lowest BCUT2D eigenvalue weighted by Crippen LogP contribution is -2.35. The van der Waals surface area contributed by atoms with Gasteiger partial charge in [0.25, 0.3) is 5.91 Å². The summed E-state index contributed by atoms with van der Waals surface area (Å²) in [6, 6.07) is 1.50. The van der Waals surface area contributed by atoms with Crippen LogP contribution in [0.3, 0.4) is 0 Å². The van der Waals surface area contributed by atoms with Gasteiger partial charge in [0.2, 0.25) is 0 Å². The normalized spacial score (nSPS) is 10.6. The van der Waals surface area contributed by atoms with Gasteiger partial charge >= 0.3 is 5.97 Å². The first kappa shape index (κ1) is 14.8. The number of hydrogen-bond donors (Lipinski definition) is 1. The smallest absolute Gasteiger partial charge is 0.323 e. The van der Waals surface area contributed by atoms with Gasteiger partial charge in [-0.1, -0.05) is 5.16 Å². The van der Waals surface area contributed by atoms with Gasteiger partial charge in [0.15, 0.2) is 11.5 Å². The Labute approximate surface area is 120 Å². The van der Waals surface area contributed by atoms with Crippen LogP contribution in [0.5, 0.6) is 0 Å². The number of amides is 1. The third kappa shape index (κ3) is 3.68. The van der Waals surface area contributed by atoms with Crippen LogP contribution in [0, 0.1) is 6.92 Å². The number of aliphatic carboxylic acids is 1. The molecule has 0 aromatic carbocycles. The van der Waals surface area contributed by atoms with E-state index >= 15 is 0 Å². The fourth-order valence-electron chi connectivity index (χ4n) is 1.85. The number of aromatic nitrogens is 3. The second-order valence-corrected chi connectivity index (χ2v) is 4.61. The topological polar surface area (TPSA) is 101 Å². The van der Waals surface area contributed by atoms with E-state index in [1.807, 2.05) is 13.1 Å². The number of carbonyl (C=O) groups is 2. The Balaban J connectivity index is 2.07. The highest BCUT2D eigenvalue weighted by Gasteiger charge is 2.20. The van der Waals surface area contributed by atoms with Crippen molar-refractivity contribution in [1.29, 1.82) is 0 Å². The van der Waals surface area contributed by atoms with Gasteiger partial charge < -0.3 is 14.5 Å². The van der Waals surface area contributed by atoms with Crippen LogP contribution in [0.2, 0.25) is 0 Å². The fraction of sp³-hybridized carbons (Fsp3) is 0.385. The highest BCUT2D eigenvalue weighted by Crippen LogP contribution is 2.09. The van der Waals surface area contributed by atoms with E-state index in [4.69, 9.17) is 9.63 Å². The molecule has 0 saturated heterocycles. The molecule has 0 radical (unpaired) electrons. The maximum atomic E-state index is 12.1. The maximum absolute atomic E-state index is 12.1. The first-order valence-electron chi connectivity index (χ1n) is 6.45. The van der Waals surface area contributed by atoms with Gasteiger partial charge in [0.1, 0.15) is 13.1 Å². The molecule has 0 aliphatic rings. The highest BCUT2D eigenvalue weighted by molar-refractivity contribution is 5.94. The molecule has 2 rings (SSSR count). The van der Waals surface area contributed by atoms with Crippen LogP contribution in [0.4, 0.5) is 0 Å². The van der Waals surface area contributed by atoms with Crippen LogP contribution in [-0.2, 0) is 11.3 Å². The van der Waals surface area contributed by atoms with Crippen molar-refractivity contribution >= 4 is 11.9 Å². The van der Waals surface area contributed by atoms with Crippen LogP contribution < -0.4 is 0 Å². The largest absolute Gasteiger partial charge is 0.480 e. The molecule has 2 heterocycles. The average Bonchev–Trinajstić information content (AvgIpc) is 3.05. The van der Waals surface area contributed by atoms with Crippen molar-refractivity contribution in [3.63, 3.8) is 0 Å². The average molecular weight is 292 g/mol. The van der Waals surface area contributed by atoms with Crippen LogP contribution in [0.25, 0.3) is 0 Å². The van der Waals surface area contributed by atoms with Crippen LogP contribution >= 0.6 is 0 Å². The van der Waals surface area contributed by atoms with Crippen molar-refractivity contribution in [2.75, 3.05) is 13.1 Å². The van der Waals surface area contributed by atoms with Gasteiger partial charge in [-0.25, -0.2) is 0 Å². The van der Waals surface area contributed by atoms with Crippen LogP contribution in [0.15, 0.2) is 23.0 Å². The highest BCUT2D eigenvalue weighted by atomic mass is 16.5. The van der Waals surface area contributed by atoms with Crippen molar-refractivity contribution in [3.8, 4) is 0 Å². The SMILES string of the molecule is CCN(CC(=O)O)C(=O)c1cc(Cn2cc(C)cn2)on1. The van der Waals surface area contributed by atoms with Gasteiger partial charge in [0.05, 0.1) is 6.20 Å². The zero-order valence-electron chi connectivity index (χ0n) is 11.8. The molecule has 112 valence electrons. The zero-order chi connectivity index (χ0) is 15.4. The number of aryl methyl sites for hydroxylation is 1. The Morgan fingerprint density at radius 2 is 2.24 bits per heavy atom. The molecule has 0 atom stereocenters. The summed E-state index contributed by atoms with van der Waals surface area (Å²) in [7, 11) is 0. The minimum absolute atomic E-state index is 0.0944. The van der Waals surface area contributed by atoms with Crippen molar-refractivity contribution in [2.45, 2.75) is 20.4 Å². The van der Waals surface area contributed by atoms with E-state index in [0.29, 0.717) is 12.3 Å². The third-order valence-electron chi connectivity index (χ3n) is 2.85. The molecule has 8 heteroatoms. The Hall–Kier alpha value is -2.64. The Kier molecular flexibility index (Phi) is 4.36. The first-order chi connectivity index (χ1) is 9.99. The van der Waals surface area contributed by atoms with Crippen LogP contribution in [-0.4, -0.2) is 49.9 Å². The number of hydrogen-bond acceptors (Lipinski definition) is 5.